The molecular formula is C21H33ClN2O3. The van der Waals surface area contributed by atoms with Gasteiger partial charge in [0.1, 0.15) is 5.75 Å². The van der Waals surface area contributed by atoms with E-state index in [2.05, 4.69) is 29.6 Å². The number of hydrogen-bond donors (Lipinski definition) is 1. The Balaban J connectivity index is 0.00000261. The normalized spacial score (nSPS) is 20.8. The standard InChI is InChI=1S/C21H32N2O3.ClH/c1-2-26-20-7-5-17(6-8-20)3-4-18-9-12-23(13-10-18)21(24)15-19-16-25-14-11-22-19;/h5-8,18-19,22H,2-4,9-16H2,1H3;1H. The number of aryl methyl sites for hydroxylation is 1. The van der Waals surface area contributed by atoms with Crippen LogP contribution in [-0.4, -0.2) is 56.3 Å². The van der Waals surface area contributed by atoms with Gasteiger partial charge in [0.2, 0.25) is 5.91 Å². The molecule has 1 amide bonds. The summed E-state index contributed by atoms with van der Waals surface area (Å²) in [6.45, 7) is 6.78. The molecule has 0 spiro atoms. The molecule has 1 N–H and O–H groups in total. The first-order valence-electron chi connectivity index (χ1n) is 10.0. The van der Waals surface area contributed by atoms with Crippen molar-refractivity contribution in [2.24, 2.45) is 5.92 Å². The minimum Gasteiger partial charge on any atom is -0.494 e. The van der Waals surface area contributed by atoms with Crippen LogP contribution in [0.3, 0.4) is 0 Å². The Hall–Kier alpha value is -1.30. The summed E-state index contributed by atoms with van der Waals surface area (Å²) in [6, 6.07) is 8.64. The third kappa shape index (κ3) is 6.98. The number of carbonyl (C=O) groups is 1. The highest BCUT2D eigenvalue weighted by molar-refractivity contribution is 5.85. The molecule has 2 aliphatic heterocycles. The Kier molecular flexibility index (Phi) is 9.39. The molecule has 0 bridgehead atoms. The van der Waals surface area contributed by atoms with E-state index >= 15 is 0 Å². The average Bonchev–Trinajstić information content (AvgIpc) is 2.69. The average molecular weight is 397 g/mol. The van der Waals surface area contributed by atoms with Crippen LogP contribution in [0.25, 0.3) is 0 Å². The molecule has 2 fully saturated rings. The second kappa shape index (κ2) is 11.5. The molecule has 3 rings (SSSR count). The van der Waals surface area contributed by atoms with E-state index in [9.17, 15) is 4.79 Å². The largest absolute Gasteiger partial charge is 0.494 e. The zero-order valence-electron chi connectivity index (χ0n) is 16.3. The summed E-state index contributed by atoms with van der Waals surface area (Å²) in [5, 5.41) is 3.37. The third-order valence-corrected chi connectivity index (χ3v) is 5.46. The number of hydrogen-bond acceptors (Lipinski definition) is 4. The first-order chi connectivity index (χ1) is 12.7. The van der Waals surface area contributed by atoms with Gasteiger partial charge in [-0.15, -0.1) is 12.4 Å². The molecule has 0 radical (unpaired) electrons. The van der Waals surface area contributed by atoms with Gasteiger partial charge in [-0.1, -0.05) is 12.1 Å². The lowest BCUT2D eigenvalue weighted by molar-refractivity contribution is -0.133. The smallest absolute Gasteiger partial charge is 0.224 e. The molecule has 5 nitrogen and oxygen atoms in total. The molecule has 2 aliphatic rings. The van der Waals surface area contributed by atoms with E-state index in [0.717, 1.165) is 57.2 Å². The Morgan fingerprint density at radius 1 is 1.26 bits per heavy atom. The molecule has 0 aliphatic carbocycles. The molecule has 1 aromatic carbocycles. The molecular weight excluding hydrogens is 364 g/mol. The summed E-state index contributed by atoms with van der Waals surface area (Å²) in [4.78, 5) is 14.5. The fourth-order valence-electron chi connectivity index (χ4n) is 3.85. The van der Waals surface area contributed by atoms with Gasteiger partial charge in [-0.05, 0) is 56.2 Å². The summed E-state index contributed by atoms with van der Waals surface area (Å²) in [5.74, 6) is 1.95. The Morgan fingerprint density at radius 2 is 2.00 bits per heavy atom. The molecule has 0 aromatic heterocycles. The summed E-state index contributed by atoms with van der Waals surface area (Å²) < 4.78 is 10.9. The van der Waals surface area contributed by atoms with E-state index in [0.29, 0.717) is 19.6 Å². The maximum atomic E-state index is 12.5. The number of piperidine rings is 1. The minimum absolute atomic E-state index is 0. The van der Waals surface area contributed by atoms with Crippen molar-refractivity contribution in [1.82, 2.24) is 10.2 Å². The van der Waals surface area contributed by atoms with Gasteiger partial charge in [-0.2, -0.15) is 0 Å². The fourth-order valence-corrected chi connectivity index (χ4v) is 3.85. The number of likely N-dealkylation sites (tertiary alicyclic amines) is 1. The second-order valence-corrected chi connectivity index (χ2v) is 7.37. The number of nitrogens with one attached hydrogen (secondary N) is 1. The number of nitrogens with zero attached hydrogens (tertiary/aromatic N) is 1. The van der Waals surface area contributed by atoms with Crippen LogP contribution in [0.5, 0.6) is 5.75 Å². The van der Waals surface area contributed by atoms with Gasteiger partial charge in [0.15, 0.2) is 0 Å². The quantitative estimate of drug-likeness (QED) is 0.769. The van der Waals surface area contributed by atoms with Crippen molar-refractivity contribution in [2.75, 3.05) is 39.5 Å². The molecule has 1 aromatic rings. The summed E-state index contributed by atoms with van der Waals surface area (Å²) in [6.07, 6.45) is 5.12. The van der Waals surface area contributed by atoms with Gasteiger partial charge < -0.3 is 19.7 Å². The van der Waals surface area contributed by atoms with Gasteiger partial charge in [0, 0.05) is 32.1 Å². The lowest BCUT2D eigenvalue weighted by Crippen LogP contribution is -2.46. The summed E-state index contributed by atoms with van der Waals surface area (Å²) in [7, 11) is 0. The second-order valence-electron chi connectivity index (χ2n) is 7.37. The minimum atomic E-state index is 0. The van der Waals surface area contributed by atoms with Crippen molar-refractivity contribution >= 4 is 18.3 Å². The molecule has 2 saturated heterocycles. The summed E-state index contributed by atoms with van der Waals surface area (Å²) >= 11 is 0. The zero-order valence-corrected chi connectivity index (χ0v) is 17.1. The van der Waals surface area contributed by atoms with Gasteiger partial charge in [0.05, 0.1) is 19.8 Å². The van der Waals surface area contributed by atoms with E-state index in [-0.39, 0.29) is 24.4 Å². The highest BCUT2D eigenvalue weighted by Gasteiger charge is 2.25. The van der Waals surface area contributed by atoms with Crippen molar-refractivity contribution in [2.45, 2.75) is 45.1 Å². The number of morpholine rings is 1. The van der Waals surface area contributed by atoms with Crippen LogP contribution in [0.2, 0.25) is 0 Å². The highest BCUT2D eigenvalue weighted by Crippen LogP contribution is 2.24. The van der Waals surface area contributed by atoms with Gasteiger partial charge in [0.25, 0.3) is 0 Å². The van der Waals surface area contributed by atoms with Crippen molar-refractivity contribution in [3.05, 3.63) is 29.8 Å². The maximum Gasteiger partial charge on any atom is 0.224 e. The highest BCUT2D eigenvalue weighted by atomic mass is 35.5. The fraction of sp³-hybridized carbons (Fsp3) is 0.667. The Labute approximate surface area is 169 Å². The van der Waals surface area contributed by atoms with Crippen molar-refractivity contribution < 1.29 is 14.3 Å². The van der Waals surface area contributed by atoms with E-state index < -0.39 is 0 Å². The number of rotatable bonds is 7. The lowest BCUT2D eigenvalue weighted by atomic mass is 9.90. The molecule has 152 valence electrons. The number of carbonyl (C=O) groups excluding carboxylic acids is 1. The Morgan fingerprint density at radius 3 is 2.63 bits per heavy atom. The first-order valence-corrected chi connectivity index (χ1v) is 10.0. The van der Waals surface area contributed by atoms with Crippen molar-refractivity contribution in [1.29, 1.82) is 0 Å². The SMILES string of the molecule is CCOc1ccc(CCC2CCN(C(=O)CC3COCCN3)CC2)cc1.Cl. The van der Waals surface area contributed by atoms with Crippen LogP contribution in [0, 0.1) is 5.92 Å². The monoisotopic (exact) mass is 396 g/mol. The number of halogens is 1. The summed E-state index contributed by atoms with van der Waals surface area (Å²) in [5.41, 5.74) is 1.37. The van der Waals surface area contributed by atoms with Crippen LogP contribution >= 0.6 is 12.4 Å². The van der Waals surface area contributed by atoms with Crippen molar-refractivity contribution in [3.8, 4) is 5.75 Å². The van der Waals surface area contributed by atoms with E-state index in [1.165, 1.54) is 12.0 Å². The molecule has 1 unspecified atom stereocenters. The van der Waals surface area contributed by atoms with Crippen LogP contribution < -0.4 is 10.1 Å². The molecule has 0 saturated carbocycles. The van der Waals surface area contributed by atoms with Crippen LogP contribution in [0.15, 0.2) is 24.3 Å². The van der Waals surface area contributed by atoms with Gasteiger partial charge >= 0.3 is 0 Å². The molecule has 27 heavy (non-hydrogen) atoms. The van der Waals surface area contributed by atoms with E-state index in [4.69, 9.17) is 9.47 Å². The third-order valence-electron chi connectivity index (χ3n) is 5.46. The molecule has 2 heterocycles. The molecule has 6 heteroatoms. The number of amides is 1. The van der Waals surface area contributed by atoms with E-state index in [1.54, 1.807) is 0 Å². The number of benzene rings is 1. The maximum absolute atomic E-state index is 12.5. The predicted octanol–water partition coefficient (Wildman–Crippen LogP) is 3.06. The zero-order chi connectivity index (χ0) is 18.2. The van der Waals surface area contributed by atoms with Crippen molar-refractivity contribution in [3.63, 3.8) is 0 Å². The van der Waals surface area contributed by atoms with Crippen LogP contribution in [0.4, 0.5) is 0 Å². The van der Waals surface area contributed by atoms with Gasteiger partial charge in [-0.25, -0.2) is 0 Å². The van der Waals surface area contributed by atoms with E-state index in [1.807, 2.05) is 11.8 Å². The van der Waals surface area contributed by atoms with Crippen LogP contribution in [0.1, 0.15) is 38.2 Å². The number of ether oxygens (including phenoxy) is 2. The topological polar surface area (TPSA) is 50.8 Å². The molecule has 1 atom stereocenters. The van der Waals surface area contributed by atoms with Gasteiger partial charge in [-0.3, -0.25) is 4.79 Å². The first kappa shape index (κ1) is 22.0. The lowest BCUT2D eigenvalue weighted by Gasteiger charge is -2.33. The predicted molar refractivity (Wildman–Crippen MR) is 110 cm³/mol. The Bertz CT molecular complexity index is 553. The van der Waals surface area contributed by atoms with Crippen LogP contribution in [-0.2, 0) is 16.0 Å².